The maximum Gasteiger partial charge on any atom is 0.269 e. The fraction of sp³-hybridized carbons (Fsp3) is 0.333. The summed E-state index contributed by atoms with van der Waals surface area (Å²) in [4.78, 5) is 9.88. The molecule has 0 spiro atoms. The molecule has 76 valence electrons. The lowest BCUT2D eigenvalue weighted by Crippen LogP contribution is -2.30. The summed E-state index contributed by atoms with van der Waals surface area (Å²) < 4.78 is -0.433. The van der Waals surface area contributed by atoms with E-state index in [0.717, 1.165) is 5.56 Å². The van der Waals surface area contributed by atoms with Crippen molar-refractivity contribution >= 4 is 5.69 Å². The first kappa shape index (κ1) is 10.6. The van der Waals surface area contributed by atoms with Crippen LogP contribution in [0, 0.1) is 15.3 Å². The van der Waals surface area contributed by atoms with Crippen molar-refractivity contribution in [3.8, 4) is 0 Å². The molecule has 1 aromatic carbocycles. The largest absolute Gasteiger partial charge is 0.633 e. The van der Waals surface area contributed by atoms with Crippen LogP contribution in [0.1, 0.15) is 5.56 Å². The van der Waals surface area contributed by atoms with E-state index in [1.165, 1.54) is 26.2 Å². The van der Waals surface area contributed by atoms with Crippen LogP contribution in [0.5, 0.6) is 0 Å². The van der Waals surface area contributed by atoms with Gasteiger partial charge in [0.1, 0.15) is 6.54 Å². The smallest absolute Gasteiger partial charge is 0.269 e. The van der Waals surface area contributed by atoms with Crippen LogP contribution in [0.25, 0.3) is 0 Å². The minimum atomic E-state index is -0.457. The summed E-state index contributed by atoms with van der Waals surface area (Å²) in [5, 5.41) is 21.6. The van der Waals surface area contributed by atoms with Crippen LogP contribution in [0.4, 0.5) is 5.69 Å². The normalized spacial score (nSPS) is 11.4. The molecule has 0 N–H and O–H groups in total. The van der Waals surface area contributed by atoms with Gasteiger partial charge in [0.2, 0.25) is 0 Å². The standard InChI is InChI=1S/C9H12N2O3/c1-11(2,14)7-8-3-5-9(6-4-8)10(12)13/h3-6H,7H2,1-2H3. The van der Waals surface area contributed by atoms with Gasteiger partial charge in [-0.25, -0.2) is 0 Å². The summed E-state index contributed by atoms with van der Waals surface area (Å²) in [5.74, 6) is 0. The van der Waals surface area contributed by atoms with Crippen molar-refractivity contribution < 1.29 is 9.57 Å². The average Bonchev–Trinajstić information content (AvgIpc) is 2.02. The Morgan fingerprint density at radius 1 is 1.29 bits per heavy atom. The third-order valence-corrected chi connectivity index (χ3v) is 1.71. The van der Waals surface area contributed by atoms with Gasteiger partial charge < -0.3 is 9.85 Å². The highest BCUT2D eigenvalue weighted by Crippen LogP contribution is 2.14. The number of benzene rings is 1. The molecule has 0 aromatic heterocycles. The van der Waals surface area contributed by atoms with Gasteiger partial charge in [-0.15, -0.1) is 0 Å². The first-order valence-corrected chi connectivity index (χ1v) is 4.16. The number of hydroxylamine groups is 3. The fourth-order valence-electron chi connectivity index (χ4n) is 1.16. The van der Waals surface area contributed by atoms with E-state index in [1.54, 1.807) is 12.1 Å². The first-order chi connectivity index (χ1) is 6.38. The Balaban J connectivity index is 2.79. The van der Waals surface area contributed by atoms with E-state index in [4.69, 9.17) is 0 Å². The molecule has 0 saturated carbocycles. The molecule has 1 rings (SSSR count). The van der Waals surface area contributed by atoms with Gasteiger partial charge in [-0.1, -0.05) is 0 Å². The molecule has 0 aliphatic rings. The van der Waals surface area contributed by atoms with E-state index in [0.29, 0.717) is 6.54 Å². The first-order valence-electron chi connectivity index (χ1n) is 4.16. The topological polar surface area (TPSA) is 66.2 Å². The van der Waals surface area contributed by atoms with Crippen LogP contribution < -0.4 is 0 Å². The minimum Gasteiger partial charge on any atom is -0.633 e. The van der Waals surface area contributed by atoms with Crippen molar-refractivity contribution in [3.05, 3.63) is 45.2 Å². The predicted molar refractivity (Wildman–Crippen MR) is 52.3 cm³/mol. The molecular weight excluding hydrogens is 184 g/mol. The van der Waals surface area contributed by atoms with Crippen molar-refractivity contribution in [1.82, 2.24) is 0 Å². The van der Waals surface area contributed by atoms with Gasteiger partial charge in [-0.05, 0) is 12.1 Å². The van der Waals surface area contributed by atoms with E-state index in [-0.39, 0.29) is 5.69 Å². The van der Waals surface area contributed by atoms with Crippen molar-refractivity contribution in [1.29, 1.82) is 0 Å². The SMILES string of the molecule is C[N+](C)([O-])Cc1ccc([N+](=O)[O-])cc1. The van der Waals surface area contributed by atoms with E-state index < -0.39 is 9.57 Å². The molecule has 0 fully saturated rings. The lowest BCUT2D eigenvalue weighted by Gasteiger charge is -2.33. The lowest BCUT2D eigenvalue weighted by molar-refractivity contribution is -0.853. The third kappa shape index (κ3) is 3.12. The zero-order valence-corrected chi connectivity index (χ0v) is 8.14. The van der Waals surface area contributed by atoms with Gasteiger partial charge >= 0.3 is 0 Å². The monoisotopic (exact) mass is 196 g/mol. The maximum absolute atomic E-state index is 11.3. The van der Waals surface area contributed by atoms with Crippen LogP contribution in [-0.4, -0.2) is 23.7 Å². The lowest BCUT2D eigenvalue weighted by atomic mass is 10.2. The Morgan fingerprint density at radius 3 is 2.14 bits per heavy atom. The molecule has 0 heterocycles. The molecule has 5 nitrogen and oxygen atoms in total. The number of nitro groups is 1. The van der Waals surface area contributed by atoms with Gasteiger partial charge in [0, 0.05) is 17.7 Å². The van der Waals surface area contributed by atoms with Crippen molar-refractivity contribution in [2.75, 3.05) is 14.1 Å². The van der Waals surface area contributed by atoms with Crippen LogP contribution >= 0.6 is 0 Å². The molecule has 0 saturated heterocycles. The third-order valence-electron chi connectivity index (χ3n) is 1.71. The van der Waals surface area contributed by atoms with Gasteiger partial charge in [0.15, 0.2) is 0 Å². The van der Waals surface area contributed by atoms with Crippen LogP contribution in [-0.2, 0) is 6.54 Å². The van der Waals surface area contributed by atoms with Crippen LogP contribution in [0.3, 0.4) is 0 Å². The molecule has 0 aliphatic carbocycles. The number of hydrogen-bond donors (Lipinski definition) is 0. The maximum atomic E-state index is 11.3. The van der Waals surface area contributed by atoms with Gasteiger partial charge in [0.05, 0.1) is 19.0 Å². The van der Waals surface area contributed by atoms with Gasteiger partial charge in [-0.3, -0.25) is 10.1 Å². The predicted octanol–water partition coefficient (Wildman–Crippen LogP) is 1.67. The van der Waals surface area contributed by atoms with Crippen molar-refractivity contribution in [3.63, 3.8) is 0 Å². The molecule has 5 heteroatoms. The Bertz CT molecular complexity index is 327. The summed E-state index contributed by atoms with van der Waals surface area (Å²) in [6.45, 7) is 0.317. The van der Waals surface area contributed by atoms with E-state index in [2.05, 4.69) is 0 Å². The Morgan fingerprint density at radius 2 is 1.79 bits per heavy atom. The molecule has 14 heavy (non-hydrogen) atoms. The molecule has 0 atom stereocenters. The number of non-ortho nitro benzene ring substituents is 1. The highest BCUT2D eigenvalue weighted by Gasteiger charge is 2.07. The molecule has 0 aliphatic heterocycles. The number of rotatable bonds is 3. The Hall–Kier alpha value is -1.46. The summed E-state index contributed by atoms with van der Waals surface area (Å²) in [7, 11) is 3.06. The number of nitrogens with zero attached hydrogens (tertiary/aromatic N) is 2. The molecule has 0 radical (unpaired) electrons. The number of nitro benzene ring substituents is 1. The van der Waals surface area contributed by atoms with E-state index in [1.807, 2.05) is 0 Å². The summed E-state index contributed by atoms with van der Waals surface area (Å²) in [6, 6.07) is 6.03. The summed E-state index contributed by atoms with van der Waals surface area (Å²) in [6.07, 6.45) is 0. The van der Waals surface area contributed by atoms with Crippen LogP contribution in [0.15, 0.2) is 24.3 Å². The highest BCUT2D eigenvalue weighted by molar-refractivity contribution is 5.32. The molecule has 0 unspecified atom stereocenters. The Labute approximate surface area is 81.9 Å². The Kier molecular flexibility index (Phi) is 2.83. The van der Waals surface area contributed by atoms with Gasteiger partial charge in [0.25, 0.3) is 5.69 Å². The second-order valence-electron chi connectivity index (χ2n) is 3.66. The van der Waals surface area contributed by atoms with Crippen molar-refractivity contribution in [2.24, 2.45) is 0 Å². The quantitative estimate of drug-likeness (QED) is 0.419. The second-order valence-corrected chi connectivity index (χ2v) is 3.66. The summed E-state index contributed by atoms with van der Waals surface area (Å²) in [5.41, 5.74) is 0.848. The van der Waals surface area contributed by atoms with E-state index in [9.17, 15) is 15.3 Å². The molecular formula is C9H12N2O3. The minimum absolute atomic E-state index is 0.0463. The fourth-order valence-corrected chi connectivity index (χ4v) is 1.16. The highest BCUT2D eigenvalue weighted by atomic mass is 16.6. The van der Waals surface area contributed by atoms with E-state index >= 15 is 0 Å². The zero-order chi connectivity index (χ0) is 10.8. The average molecular weight is 196 g/mol. The molecule has 1 aromatic rings. The summed E-state index contributed by atoms with van der Waals surface area (Å²) >= 11 is 0. The number of quaternary nitrogens is 1. The molecule has 0 bridgehead atoms. The van der Waals surface area contributed by atoms with Gasteiger partial charge in [-0.2, -0.15) is 0 Å². The molecule has 0 amide bonds. The zero-order valence-electron chi connectivity index (χ0n) is 8.14. The van der Waals surface area contributed by atoms with Crippen LogP contribution in [0.2, 0.25) is 0 Å². The number of hydrogen-bond acceptors (Lipinski definition) is 3. The van der Waals surface area contributed by atoms with Crippen molar-refractivity contribution in [2.45, 2.75) is 6.54 Å². The second kappa shape index (κ2) is 3.73.